The molecule has 0 aromatic heterocycles. The van der Waals surface area contributed by atoms with Gasteiger partial charge in [0.1, 0.15) is 6.61 Å². The lowest BCUT2D eigenvalue weighted by molar-refractivity contribution is 0.284. The first kappa shape index (κ1) is 19.8. The van der Waals surface area contributed by atoms with E-state index in [1.54, 1.807) is 19.2 Å². The van der Waals surface area contributed by atoms with Gasteiger partial charge < -0.3 is 14.8 Å². The van der Waals surface area contributed by atoms with Crippen LogP contribution in [0.5, 0.6) is 11.5 Å². The largest absolute Gasteiger partial charge is 0.493 e. The van der Waals surface area contributed by atoms with Gasteiger partial charge in [-0.2, -0.15) is 0 Å². The lowest BCUT2D eigenvalue weighted by atomic mass is 10.1. The number of ether oxygens (including phenoxy) is 2. The van der Waals surface area contributed by atoms with Crippen LogP contribution in [0, 0.1) is 0 Å². The van der Waals surface area contributed by atoms with Crippen LogP contribution in [0.25, 0.3) is 0 Å². The second-order valence-corrected chi connectivity index (χ2v) is 8.18. The van der Waals surface area contributed by atoms with Gasteiger partial charge in [-0.25, -0.2) is 0 Å². The molecule has 0 saturated heterocycles. The SMILES string of the molecule is COc1cc(CNC2CCCC2)c(Br)cc1OCc1ccc(Cl)cc1Cl. The van der Waals surface area contributed by atoms with Crippen LogP contribution in [-0.4, -0.2) is 13.2 Å². The minimum absolute atomic E-state index is 0.346. The van der Waals surface area contributed by atoms with Crippen LogP contribution in [0.4, 0.5) is 0 Å². The van der Waals surface area contributed by atoms with Crippen LogP contribution >= 0.6 is 39.1 Å². The van der Waals surface area contributed by atoms with Gasteiger partial charge in [0, 0.05) is 32.7 Å². The Kier molecular flexibility index (Phi) is 7.10. The predicted octanol–water partition coefficient (Wildman–Crippen LogP) is 6.38. The molecule has 0 bridgehead atoms. The molecule has 0 spiro atoms. The highest BCUT2D eigenvalue weighted by Gasteiger charge is 2.16. The fraction of sp³-hybridized carbons (Fsp3) is 0.400. The molecule has 140 valence electrons. The van der Waals surface area contributed by atoms with Crippen molar-refractivity contribution in [2.24, 2.45) is 0 Å². The first-order valence-electron chi connectivity index (χ1n) is 8.73. The van der Waals surface area contributed by atoms with Crippen molar-refractivity contribution in [1.29, 1.82) is 0 Å². The Morgan fingerprint density at radius 2 is 1.85 bits per heavy atom. The predicted molar refractivity (Wildman–Crippen MR) is 111 cm³/mol. The maximum atomic E-state index is 6.22. The van der Waals surface area contributed by atoms with Crippen LogP contribution in [0.2, 0.25) is 10.0 Å². The van der Waals surface area contributed by atoms with Crippen molar-refractivity contribution < 1.29 is 9.47 Å². The van der Waals surface area contributed by atoms with Crippen molar-refractivity contribution in [2.75, 3.05) is 7.11 Å². The van der Waals surface area contributed by atoms with E-state index < -0.39 is 0 Å². The van der Waals surface area contributed by atoms with E-state index >= 15 is 0 Å². The number of hydrogen-bond acceptors (Lipinski definition) is 3. The zero-order valence-corrected chi connectivity index (χ0v) is 17.8. The average Bonchev–Trinajstić information content (AvgIpc) is 3.13. The minimum atomic E-state index is 0.346. The summed E-state index contributed by atoms with van der Waals surface area (Å²) in [4.78, 5) is 0. The van der Waals surface area contributed by atoms with Gasteiger partial charge in [0.05, 0.1) is 7.11 Å². The fourth-order valence-corrected chi connectivity index (χ4v) is 4.09. The number of hydrogen-bond donors (Lipinski definition) is 1. The zero-order chi connectivity index (χ0) is 18.5. The molecule has 1 aliphatic rings. The molecule has 2 aromatic carbocycles. The summed E-state index contributed by atoms with van der Waals surface area (Å²) in [6.45, 7) is 1.16. The van der Waals surface area contributed by atoms with Crippen LogP contribution in [-0.2, 0) is 13.2 Å². The quantitative estimate of drug-likeness (QED) is 0.522. The van der Waals surface area contributed by atoms with Gasteiger partial charge >= 0.3 is 0 Å². The van der Waals surface area contributed by atoms with Gasteiger partial charge in [-0.3, -0.25) is 0 Å². The summed E-state index contributed by atoms with van der Waals surface area (Å²) in [6, 6.07) is 9.98. The molecule has 1 fully saturated rings. The Bertz CT molecular complexity index is 764. The van der Waals surface area contributed by atoms with Crippen LogP contribution in [0.1, 0.15) is 36.8 Å². The van der Waals surface area contributed by atoms with E-state index in [1.165, 1.54) is 25.7 Å². The van der Waals surface area contributed by atoms with Crippen molar-refractivity contribution in [2.45, 2.75) is 44.9 Å². The molecule has 1 aliphatic carbocycles. The summed E-state index contributed by atoms with van der Waals surface area (Å²) in [7, 11) is 1.65. The van der Waals surface area contributed by atoms with Crippen LogP contribution in [0.15, 0.2) is 34.8 Å². The highest BCUT2D eigenvalue weighted by atomic mass is 79.9. The molecule has 0 unspecified atom stereocenters. The van der Waals surface area contributed by atoms with Gasteiger partial charge in [-0.15, -0.1) is 0 Å². The molecule has 1 N–H and O–H groups in total. The molecule has 1 saturated carbocycles. The van der Waals surface area contributed by atoms with E-state index in [1.807, 2.05) is 18.2 Å². The van der Waals surface area contributed by atoms with Crippen molar-refractivity contribution in [1.82, 2.24) is 5.32 Å². The highest BCUT2D eigenvalue weighted by Crippen LogP contribution is 2.35. The van der Waals surface area contributed by atoms with Gasteiger partial charge in [0.25, 0.3) is 0 Å². The van der Waals surface area contributed by atoms with Crippen molar-refractivity contribution >= 4 is 39.1 Å². The Morgan fingerprint density at radius 1 is 1.08 bits per heavy atom. The Morgan fingerprint density at radius 3 is 2.54 bits per heavy atom. The molecule has 6 heteroatoms. The molecule has 0 heterocycles. The molecule has 26 heavy (non-hydrogen) atoms. The van der Waals surface area contributed by atoms with E-state index in [0.717, 1.165) is 22.1 Å². The number of halogens is 3. The molecule has 0 amide bonds. The van der Waals surface area contributed by atoms with Crippen molar-refractivity contribution in [3.05, 3.63) is 56.0 Å². The van der Waals surface area contributed by atoms with Crippen LogP contribution < -0.4 is 14.8 Å². The van der Waals surface area contributed by atoms with E-state index in [4.69, 9.17) is 32.7 Å². The standard InChI is InChI=1S/C20H22BrCl2NO2/c1-25-19-8-14(11-24-16-4-2-3-5-16)17(21)10-20(19)26-12-13-6-7-15(22)9-18(13)23/h6-10,16,24H,2-5,11-12H2,1H3. The first-order valence-corrected chi connectivity index (χ1v) is 10.3. The second-order valence-electron chi connectivity index (χ2n) is 6.48. The molecular formula is C20H22BrCl2NO2. The summed E-state index contributed by atoms with van der Waals surface area (Å²) >= 11 is 15.8. The number of benzene rings is 2. The normalized spacial score (nSPS) is 14.6. The highest BCUT2D eigenvalue weighted by molar-refractivity contribution is 9.10. The lowest BCUT2D eigenvalue weighted by Crippen LogP contribution is -2.25. The van der Waals surface area contributed by atoms with Crippen molar-refractivity contribution in [3.8, 4) is 11.5 Å². The molecule has 0 radical (unpaired) electrons. The monoisotopic (exact) mass is 457 g/mol. The summed E-state index contributed by atoms with van der Waals surface area (Å²) in [5.41, 5.74) is 2.03. The number of rotatable bonds is 7. The van der Waals surface area contributed by atoms with Gasteiger partial charge in [0.15, 0.2) is 11.5 Å². The summed E-state index contributed by atoms with van der Waals surface area (Å²) in [5.74, 6) is 1.39. The van der Waals surface area contributed by atoms with E-state index in [0.29, 0.717) is 34.2 Å². The molecule has 0 atom stereocenters. The average molecular weight is 459 g/mol. The maximum Gasteiger partial charge on any atom is 0.162 e. The molecule has 3 rings (SSSR count). The molecule has 0 aliphatic heterocycles. The lowest BCUT2D eigenvalue weighted by Gasteiger charge is -2.16. The van der Waals surface area contributed by atoms with Gasteiger partial charge in [0.2, 0.25) is 0 Å². The minimum Gasteiger partial charge on any atom is -0.493 e. The number of nitrogens with one attached hydrogen (secondary N) is 1. The van der Waals surface area contributed by atoms with Crippen LogP contribution in [0.3, 0.4) is 0 Å². The first-order chi connectivity index (χ1) is 12.6. The maximum absolute atomic E-state index is 6.22. The smallest absolute Gasteiger partial charge is 0.162 e. The van der Waals surface area contributed by atoms with E-state index in [-0.39, 0.29) is 0 Å². The Labute approximate surface area is 173 Å². The summed E-state index contributed by atoms with van der Waals surface area (Å²) in [6.07, 6.45) is 5.17. The third-order valence-corrected chi connectivity index (χ3v) is 5.99. The Balaban J connectivity index is 1.69. The third-order valence-electron chi connectivity index (χ3n) is 4.67. The molecular weight excluding hydrogens is 437 g/mol. The zero-order valence-electron chi connectivity index (χ0n) is 14.7. The van der Waals surface area contributed by atoms with E-state index in [9.17, 15) is 0 Å². The topological polar surface area (TPSA) is 30.5 Å². The van der Waals surface area contributed by atoms with E-state index in [2.05, 4.69) is 21.2 Å². The summed E-state index contributed by atoms with van der Waals surface area (Å²) in [5, 5.41) is 4.82. The second kappa shape index (κ2) is 9.32. The number of methoxy groups -OCH3 is 1. The van der Waals surface area contributed by atoms with Gasteiger partial charge in [-0.1, -0.05) is 58.0 Å². The summed E-state index contributed by atoms with van der Waals surface area (Å²) < 4.78 is 12.5. The molecule has 3 nitrogen and oxygen atoms in total. The third kappa shape index (κ3) is 5.07. The fourth-order valence-electron chi connectivity index (χ4n) is 3.16. The molecule has 2 aromatic rings. The van der Waals surface area contributed by atoms with Crippen molar-refractivity contribution in [3.63, 3.8) is 0 Å². The Hall–Kier alpha value is -0.940. The van der Waals surface area contributed by atoms with Gasteiger partial charge in [-0.05, 0) is 42.7 Å².